The van der Waals surface area contributed by atoms with Gasteiger partial charge in [-0.2, -0.15) is 16.8 Å². The molecule has 18 heteroatoms. The van der Waals surface area contributed by atoms with Crippen LogP contribution in [-0.4, -0.2) is 61.1 Å². The summed E-state index contributed by atoms with van der Waals surface area (Å²) in [6.07, 6.45) is 3.17. The third-order valence-electron chi connectivity index (χ3n) is 11.9. The molecule has 16 nitrogen and oxygen atoms in total. The Morgan fingerprint density at radius 2 is 1.39 bits per heavy atom. The molecule has 354 valence electrons. The highest BCUT2D eigenvalue weighted by Gasteiger charge is 2.28. The minimum atomic E-state index is -5.19. The van der Waals surface area contributed by atoms with Gasteiger partial charge in [-0.15, -0.1) is 10.2 Å². The number of rotatable bonds is 18. The van der Waals surface area contributed by atoms with Crippen molar-refractivity contribution in [2.75, 3.05) is 18.5 Å². The molecule has 6 aromatic rings. The van der Waals surface area contributed by atoms with Crippen LogP contribution in [0.5, 0.6) is 28.7 Å². The van der Waals surface area contributed by atoms with Crippen molar-refractivity contribution in [2.24, 2.45) is 10.2 Å². The van der Waals surface area contributed by atoms with Crippen molar-refractivity contribution in [1.82, 2.24) is 5.32 Å². The van der Waals surface area contributed by atoms with Crippen LogP contribution in [0, 0.1) is 0 Å². The second-order valence-corrected chi connectivity index (χ2v) is 20.2. The van der Waals surface area contributed by atoms with Crippen LogP contribution in [0.1, 0.15) is 95.6 Å². The van der Waals surface area contributed by atoms with E-state index in [1.807, 2.05) is 0 Å². The Labute approximate surface area is 389 Å². The molecule has 0 aliphatic carbocycles. The molecule has 0 saturated carbocycles. The summed E-state index contributed by atoms with van der Waals surface area (Å²) >= 11 is 0. The van der Waals surface area contributed by atoms with E-state index < -0.39 is 53.3 Å². The van der Waals surface area contributed by atoms with Gasteiger partial charge in [0.05, 0.1) is 22.8 Å². The van der Waals surface area contributed by atoms with Crippen LogP contribution in [0.3, 0.4) is 0 Å². The number of unbranched alkanes of at least 4 members (excludes halogenated alkanes) is 1. The van der Waals surface area contributed by atoms with Gasteiger partial charge in [-0.25, -0.2) is 0 Å². The Morgan fingerprint density at radius 1 is 0.716 bits per heavy atom. The fraction of sp³-hybridized carbons (Fsp3) is 0.306. The van der Waals surface area contributed by atoms with Gasteiger partial charge in [0.1, 0.15) is 33.5 Å². The number of hydrogen-bond acceptors (Lipinski definition) is 12. The van der Waals surface area contributed by atoms with Crippen molar-refractivity contribution in [1.29, 1.82) is 0 Å². The van der Waals surface area contributed by atoms with E-state index >= 15 is 0 Å². The van der Waals surface area contributed by atoms with Gasteiger partial charge >= 0.3 is 0 Å². The van der Waals surface area contributed by atoms with Gasteiger partial charge in [-0.1, -0.05) is 90.1 Å². The van der Waals surface area contributed by atoms with Crippen LogP contribution >= 0.6 is 0 Å². The van der Waals surface area contributed by atoms with Gasteiger partial charge in [-0.3, -0.25) is 18.7 Å². The number of para-hydroxylation sites is 1. The van der Waals surface area contributed by atoms with Gasteiger partial charge in [0.2, 0.25) is 5.91 Å². The summed E-state index contributed by atoms with van der Waals surface area (Å²) in [7, 11) is -10.1. The number of ether oxygens (including phenoxy) is 2. The highest BCUT2D eigenvalue weighted by Crippen LogP contribution is 2.47. The van der Waals surface area contributed by atoms with E-state index in [9.17, 15) is 45.7 Å². The maximum Gasteiger partial charge on any atom is 0.296 e. The standard InChI is InChI=1S/C49H54N4O12S2/c1-8-48(4,5)31-20-21-39(36(26-31)49(6,7)9-2)64-23-15-14-22-50-47(57)35-28-41(33-16-10-11-17-34(33)45(35)55)65-40-19-13-12-18-37(40)52-53-44-42(67(61,62)63)25-30-24-32(66(58,59)60)27-38(51-29(3)54)43(30)46(44)56/h10-13,16-21,24-28,55-56H,8-9,14-15,22-23H2,1-7H3,(H,50,57)(H,51,54)(H,58,59,60)(H,61,62,63). The number of nitrogens with zero attached hydrogens (tertiary/aromatic N) is 2. The highest BCUT2D eigenvalue weighted by atomic mass is 32.2. The van der Waals surface area contributed by atoms with E-state index in [-0.39, 0.29) is 62.3 Å². The number of amides is 2. The zero-order chi connectivity index (χ0) is 49.1. The maximum absolute atomic E-state index is 13.7. The third-order valence-corrected chi connectivity index (χ3v) is 13.6. The fourth-order valence-corrected chi connectivity index (χ4v) is 8.53. The van der Waals surface area contributed by atoms with Gasteiger partial charge < -0.3 is 30.3 Å². The summed E-state index contributed by atoms with van der Waals surface area (Å²) in [5, 5.41) is 36.2. The molecular formula is C49H54N4O12S2. The summed E-state index contributed by atoms with van der Waals surface area (Å²) in [6.45, 7) is 15.1. The van der Waals surface area contributed by atoms with Gasteiger partial charge in [0.15, 0.2) is 11.5 Å². The van der Waals surface area contributed by atoms with Crippen LogP contribution < -0.4 is 20.1 Å². The summed E-state index contributed by atoms with van der Waals surface area (Å²) in [5.74, 6) is -1.45. The van der Waals surface area contributed by atoms with E-state index in [2.05, 4.69) is 80.6 Å². The first kappa shape index (κ1) is 49.8. The molecule has 0 aliphatic rings. The molecule has 0 bridgehead atoms. The minimum Gasteiger partial charge on any atom is -0.506 e. The third kappa shape index (κ3) is 11.2. The second-order valence-electron chi connectivity index (χ2n) is 17.4. The zero-order valence-electron chi connectivity index (χ0n) is 38.2. The number of benzene rings is 6. The van der Waals surface area contributed by atoms with Crippen molar-refractivity contribution in [3.8, 4) is 28.7 Å². The van der Waals surface area contributed by atoms with E-state index in [0.29, 0.717) is 30.2 Å². The van der Waals surface area contributed by atoms with Crippen LogP contribution in [0.4, 0.5) is 17.1 Å². The van der Waals surface area contributed by atoms with Gasteiger partial charge in [-0.05, 0) is 89.9 Å². The number of phenols is 2. The predicted molar refractivity (Wildman–Crippen MR) is 256 cm³/mol. The summed E-state index contributed by atoms with van der Waals surface area (Å²) in [5.41, 5.74) is 1.15. The average molecular weight is 955 g/mol. The number of aromatic hydroxyl groups is 2. The second kappa shape index (κ2) is 19.7. The molecule has 0 saturated heterocycles. The minimum absolute atomic E-state index is 0.0245. The van der Waals surface area contributed by atoms with Crippen molar-refractivity contribution >= 4 is 70.7 Å². The van der Waals surface area contributed by atoms with E-state index in [0.717, 1.165) is 49.3 Å². The normalized spacial score (nSPS) is 12.4. The molecule has 0 fully saturated rings. The molecule has 67 heavy (non-hydrogen) atoms. The Hall–Kier alpha value is -6.60. The summed E-state index contributed by atoms with van der Waals surface area (Å²) in [4.78, 5) is 24.0. The number of carbonyl (C=O) groups is 2. The number of phenolic OH excluding ortho intramolecular Hbond substituents is 2. The number of nitrogens with one attached hydrogen (secondary N) is 2. The van der Waals surface area contributed by atoms with Gasteiger partial charge in [0.25, 0.3) is 26.1 Å². The zero-order valence-corrected chi connectivity index (χ0v) is 39.8. The lowest BCUT2D eigenvalue weighted by Gasteiger charge is -2.30. The molecule has 2 amide bonds. The molecule has 0 unspecified atom stereocenters. The van der Waals surface area contributed by atoms with E-state index in [1.165, 1.54) is 23.8 Å². The smallest absolute Gasteiger partial charge is 0.296 e. The predicted octanol–water partition coefficient (Wildman–Crippen LogP) is 11.0. The molecule has 0 radical (unpaired) electrons. The first-order chi connectivity index (χ1) is 31.5. The SMILES string of the molecule is CCC(C)(C)c1ccc(OCCCCNC(=O)c2cc(Oc3ccccc3N=Nc3c(S(=O)(=O)O)cc4cc(S(=O)(=O)O)cc(NC(C)=O)c4c3O)c3ccccc3c2O)c(C(C)(C)CC)c1. The van der Waals surface area contributed by atoms with E-state index in [1.54, 1.807) is 36.4 Å². The largest absolute Gasteiger partial charge is 0.506 e. The molecule has 0 aliphatic heterocycles. The lowest BCUT2D eigenvalue weighted by molar-refractivity contribution is -0.114. The molecule has 0 heterocycles. The molecule has 6 rings (SSSR count). The Kier molecular flexibility index (Phi) is 14.7. The van der Waals surface area contributed by atoms with Crippen molar-refractivity contribution in [2.45, 2.75) is 94.8 Å². The maximum atomic E-state index is 13.7. The first-order valence-corrected chi connectivity index (χ1v) is 24.4. The van der Waals surface area contributed by atoms with Crippen molar-refractivity contribution in [3.05, 3.63) is 108 Å². The monoisotopic (exact) mass is 954 g/mol. The quantitative estimate of drug-likeness (QED) is 0.0267. The first-order valence-electron chi connectivity index (χ1n) is 21.5. The lowest BCUT2D eigenvalue weighted by Crippen LogP contribution is -2.25. The lowest BCUT2D eigenvalue weighted by atomic mass is 9.76. The van der Waals surface area contributed by atoms with Crippen molar-refractivity contribution < 1.29 is 55.2 Å². The van der Waals surface area contributed by atoms with Crippen molar-refractivity contribution in [3.63, 3.8) is 0 Å². The molecule has 0 atom stereocenters. The Bertz CT molecular complexity index is 3150. The molecule has 6 aromatic carbocycles. The fourth-order valence-electron chi connectivity index (χ4n) is 7.33. The highest BCUT2D eigenvalue weighted by molar-refractivity contribution is 7.86. The van der Waals surface area contributed by atoms with Crippen LogP contribution in [0.2, 0.25) is 0 Å². The summed E-state index contributed by atoms with van der Waals surface area (Å²) in [6, 6.07) is 23.1. The van der Waals surface area contributed by atoms with Crippen LogP contribution in [0.15, 0.2) is 111 Å². The van der Waals surface area contributed by atoms with Gasteiger partial charge in [0, 0.05) is 35.2 Å². The van der Waals surface area contributed by atoms with E-state index in [4.69, 9.17) is 9.47 Å². The molecule has 0 spiro atoms. The topological polar surface area (TPSA) is 251 Å². The number of fused-ring (bicyclic) bond motifs is 2. The molecule has 0 aromatic heterocycles. The Balaban J connectivity index is 1.25. The Morgan fingerprint density at radius 3 is 2.04 bits per heavy atom. The number of azo groups is 1. The number of hydrogen-bond donors (Lipinski definition) is 6. The molecule has 6 N–H and O–H groups in total. The van der Waals surface area contributed by atoms with Crippen LogP contribution in [0.25, 0.3) is 21.5 Å². The molecular weight excluding hydrogens is 901 g/mol. The number of anilines is 1. The number of carbonyl (C=O) groups excluding carboxylic acids is 2. The summed E-state index contributed by atoms with van der Waals surface area (Å²) < 4.78 is 81.8. The van der Waals surface area contributed by atoms with Crippen LogP contribution in [-0.2, 0) is 35.9 Å². The average Bonchev–Trinajstić information content (AvgIpc) is 3.27.